The van der Waals surface area contributed by atoms with Gasteiger partial charge < -0.3 is 14.4 Å². The van der Waals surface area contributed by atoms with Crippen molar-refractivity contribution in [2.45, 2.75) is 13.3 Å². The van der Waals surface area contributed by atoms with Gasteiger partial charge in [0.15, 0.2) is 6.61 Å². The Hall–Kier alpha value is -1.71. The highest BCUT2D eigenvalue weighted by atomic mass is 16.5. The van der Waals surface area contributed by atoms with Crippen LogP contribution < -0.4 is 9.47 Å². The number of nitrogens with zero attached hydrogens (tertiary/aromatic N) is 1. The van der Waals surface area contributed by atoms with Crippen LogP contribution in [0, 0.1) is 11.8 Å². The Kier molecular flexibility index (Phi) is 3.32. The molecule has 2 aliphatic rings. The maximum atomic E-state index is 11.9. The van der Waals surface area contributed by atoms with Crippen molar-refractivity contribution >= 4 is 5.91 Å². The van der Waals surface area contributed by atoms with Crippen molar-refractivity contribution in [1.82, 2.24) is 4.90 Å². The maximum Gasteiger partial charge on any atom is 0.260 e. The lowest BCUT2D eigenvalue weighted by atomic mass is 10.3. The molecule has 1 saturated heterocycles. The van der Waals surface area contributed by atoms with Crippen LogP contribution in [0.3, 0.4) is 0 Å². The van der Waals surface area contributed by atoms with Crippen LogP contribution in [0.2, 0.25) is 0 Å². The van der Waals surface area contributed by atoms with E-state index in [1.165, 1.54) is 6.42 Å². The molecule has 2 unspecified atom stereocenters. The molecule has 1 aromatic rings. The van der Waals surface area contributed by atoms with Gasteiger partial charge in [-0.25, -0.2) is 0 Å². The second kappa shape index (κ2) is 5.11. The molecule has 1 amide bonds. The van der Waals surface area contributed by atoms with E-state index in [1.54, 1.807) is 0 Å². The van der Waals surface area contributed by atoms with Gasteiger partial charge in [-0.05, 0) is 49.4 Å². The molecule has 0 bridgehead atoms. The van der Waals surface area contributed by atoms with Crippen LogP contribution in [0.15, 0.2) is 24.3 Å². The van der Waals surface area contributed by atoms with Gasteiger partial charge in [0, 0.05) is 13.1 Å². The molecule has 1 aliphatic carbocycles. The van der Waals surface area contributed by atoms with Crippen LogP contribution in [0.1, 0.15) is 13.3 Å². The second-order valence-corrected chi connectivity index (χ2v) is 5.25. The Morgan fingerprint density at radius 3 is 2.32 bits per heavy atom. The fraction of sp³-hybridized carbons (Fsp3) is 0.533. The fourth-order valence-electron chi connectivity index (χ4n) is 2.64. The average Bonchev–Trinajstić information content (AvgIpc) is 3.04. The number of fused-ring (bicyclic) bond motifs is 1. The number of carbonyl (C=O) groups excluding carboxylic acids is 1. The first-order valence-corrected chi connectivity index (χ1v) is 6.89. The maximum absolute atomic E-state index is 11.9. The number of benzene rings is 1. The third kappa shape index (κ3) is 2.83. The smallest absolute Gasteiger partial charge is 0.260 e. The minimum absolute atomic E-state index is 0.0982. The van der Waals surface area contributed by atoms with Gasteiger partial charge >= 0.3 is 0 Å². The minimum Gasteiger partial charge on any atom is -0.494 e. The normalized spacial score (nSPS) is 23.9. The van der Waals surface area contributed by atoms with E-state index in [-0.39, 0.29) is 12.5 Å². The van der Waals surface area contributed by atoms with Gasteiger partial charge in [0.1, 0.15) is 11.5 Å². The standard InChI is InChI=1S/C15H19NO3/c1-2-18-13-3-5-14(6-4-13)19-10-15(17)16-8-11-7-12(11)9-16/h3-6,11-12H,2,7-10H2,1H3. The van der Waals surface area contributed by atoms with Crippen LogP contribution in [0.25, 0.3) is 0 Å². The molecular formula is C15H19NO3. The molecule has 2 atom stereocenters. The number of ether oxygens (including phenoxy) is 2. The van der Waals surface area contributed by atoms with E-state index in [2.05, 4.69) is 0 Å². The summed E-state index contributed by atoms with van der Waals surface area (Å²) in [6, 6.07) is 7.38. The molecule has 0 aromatic heterocycles. The van der Waals surface area contributed by atoms with Crippen LogP contribution >= 0.6 is 0 Å². The summed E-state index contributed by atoms with van der Waals surface area (Å²) < 4.78 is 10.9. The molecular weight excluding hydrogens is 242 g/mol. The zero-order chi connectivity index (χ0) is 13.2. The highest BCUT2D eigenvalue weighted by Gasteiger charge is 2.46. The SMILES string of the molecule is CCOc1ccc(OCC(=O)N2CC3CC3C2)cc1. The van der Waals surface area contributed by atoms with Crippen molar-refractivity contribution in [1.29, 1.82) is 0 Å². The van der Waals surface area contributed by atoms with E-state index >= 15 is 0 Å². The van der Waals surface area contributed by atoms with Crippen LogP contribution in [-0.2, 0) is 4.79 Å². The van der Waals surface area contributed by atoms with Crippen LogP contribution in [-0.4, -0.2) is 37.1 Å². The third-order valence-electron chi connectivity index (χ3n) is 3.83. The summed E-state index contributed by atoms with van der Waals surface area (Å²) in [5.74, 6) is 3.17. The average molecular weight is 261 g/mol. The van der Waals surface area contributed by atoms with E-state index < -0.39 is 0 Å². The van der Waals surface area contributed by atoms with Crippen molar-refractivity contribution in [3.63, 3.8) is 0 Å². The molecule has 1 saturated carbocycles. The lowest BCUT2D eigenvalue weighted by Crippen LogP contribution is -2.34. The Morgan fingerprint density at radius 2 is 1.74 bits per heavy atom. The molecule has 19 heavy (non-hydrogen) atoms. The van der Waals surface area contributed by atoms with E-state index in [1.807, 2.05) is 36.1 Å². The predicted octanol–water partition coefficient (Wildman–Crippen LogP) is 1.94. The Balaban J connectivity index is 1.47. The summed E-state index contributed by atoms with van der Waals surface area (Å²) in [7, 11) is 0. The quantitative estimate of drug-likeness (QED) is 0.813. The van der Waals surface area contributed by atoms with Gasteiger partial charge in [0.25, 0.3) is 5.91 Å². The number of likely N-dealkylation sites (tertiary alicyclic amines) is 1. The molecule has 2 fully saturated rings. The molecule has 4 heteroatoms. The van der Waals surface area contributed by atoms with Gasteiger partial charge in [-0.15, -0.1) is 0 Å². The summed E-state index contributed by atoms with van der Waals surface area (Å²) in [5, 5.41) is 0. The lowest BCUT2D eigenvalue weighted by Gasteiger charge is -2.18. The highest BCUT2D eigenvalue weighted by molar-refractivity contribution is 5.78. The van der Waals surface area contributed by atoms with Gasteiger partial charge in [0.2, 0.25) is 0 Å². The van der Waals surface area contributed by atoms with Gasteiger partial charge in [-0.3, -0.25) is 4.79 Å². The number of hydrogen-bond donors (Lipinski definition) is 0. The van der Waals surface area contributed by atoms with Gasteiger partial charge in [0.05, 0.1) is 6.61 Å². The Labute approximate surface area is 113 Å². The van der Waals surface area contributed by atoms with E-state index in [0.717, 1.165) is 30.7 Å². The first-order chi connectivity index (χ1) is 9.26. The zero-order valence-electron chi connectivity index (χ0n) is 11.2. The largest absolute Gasteiger partial charge is 0.494 e. The summed E-state index contributed by atoms with van der Waals surface area (Å²) in [6.07, 6.45) is 1.31. The topological polar surface area (TPSA) is 38.8 Å². The van der Waals surface area contributed by atoms with Crippen LogP contribution in [0.4, 0.5) is 0 Å². The summed E-state index contributed by atoms with van der Waals surface area (Å²) >= 11 is 0. The third-order valence-corrected chi connectivity index (χ3v) is 3.83. The molecule has 0 radical (unpaired) electrons. The molecule has 1 aliphatic heterocycles. The van der Waals surface area contributed by atoms with Crippen molar-refractivity contribution in [3.05, 3.63) is 24.3 Å². The molecule has 3 rings (SSSR count). The summed E-state index contributed by atoms with van der Waals surface area (Å²) in [5.41, 5.74) is 0. The second-order valence-electron chi connectivity index (χ2n) is 5.25. The molecule has 0 N–H and O–H groups in total. The van der Waals surface area contributed by atoms with E-state index in [0.29, 0.717) is 12.4 Å². The fourth-order valence-corrected chi connectivity index (χ4v) is 2.64. The molecule has 1 heterocycles. The number of piperidine rings is 1. The first-order valence-electron chi connectivity index (χ1n) is 6.89. The van der Waals surface area contributed by atoms with Crippen molar-refractivity contribution in [2.75, 3.05) is 26.3 Å². The van der Waals surface area contributed by atoms with E-state index in [4.69, 9.17) is 9.47 Å². The van der Waals surface area contributed by atoms with Gasteiger partial charge in [-0.2, -0.15) is 0 Å². The lowest BCUT2D eigenvalue weighted by molar-refractivity contribution is -0.132. The van der Waals surface area contributed by atoms with Gasteiger partial charge in [-0.1, -0.05) is 0 Å². The highest BCUT2D eigenvalue weighted by Crippen LogP contribution is 2.44. The number of rotatable bonds is 5. The zero-order valence-corrected chi connectivity index (χ0v) is 11.2. The van der Waals surface area contributed by atoms with Crippen molar-refractivity contribution < 1.29 is 14.3 Å². The predicted molar refractivity (Wildman–Crippen MR) is 71.3 cm³/mol. The number of carbonyl (C=O) groups is 1. The summed E-state index contributed by atoms with van der Waals surface area (Å²) in [4.78, 5) is 13.9. The van der Waals surface area contributed by atoms with Crippen molar-refractivity contribution in [3.8, 4) is 11.5 Å². The van der Waals surface area contributed by atoms with Crippen molar-refractivity contribution in [2.24, 2.45) is 11.8 Å². The molecule has 102 valence electrons. The van der Waals surface area contributed by atoms with Crippen LogP contribution in [0.5, 0.6) is 11.5 Å². The monoisotopic (exact) mass is 261 g/mol. The number of amides is 1. The number of hydrogen-bond acceptors (Lipinski definition) is 3. The first kappa shape index (κ1) is 12.3. The molecule has 0 spiro atoms. The van der Waals surface area contributed by atoms with E-state index in [9.17, 15) is 4.79 Å². The summed E-state index contributed by atoms with van der Waals surface area (Å²) in [6.45, 7) is 4.58. The Bertz CT molecular complexity index is 447. The Morgan fingerprint density at radius 1 is 1.16 bits per heavy atom. The molecule has 4 nitrogen and oxygen atoms in total. The molecule has 1 aromatic carbocycles. The minimum atomic E-state index is 0.0982.